The fraction of sp³-hybridized carbons (Fsp3) is 0.250. The molecule has 0 fully saturated rings. The molecule has 0 unspecified atom stereocenters. The maximum Gasteiger partial charge on any atom is 0.0379 e. The molecule has 0 radical (unpaired) electrons. The highest BCUT2D eigenvalue weighted by Gasteiger charge is 2.25. The average Bonchev–Trinajstić information content (AvgIpc) is 2.70. The third-order valence-corrected chi connectivity index (χ3v) is 4.99. The van der Waals surface area contributed by atoms with Crippen molar-refractivity contribution in [2.24, 2.45) is 5.84 Å². The van der Waals surface area contributed by atoms with Gasteiger partial charge in [-0.1, -0.05) is 75.5 Å². The molecule has 0 heterocycles. The molecule has 2 aromatic rings. The Hall–Kier alpha value is -2.78. The first-order valence-corrected chi connectivity index (χ1v) is 9.25. The summed E-state index contributed by atoms with van der Waals surface area (Å²) >= 11 is 0. The van der Waals surface area contributed by atoms with Crippen LogP contribution in [-0.2, 0) is 5.41 Å². The summed E-state index contributed by atoms with van der Waals surface area (Å²) in [4.78, 5) is 0. The van der Waals surface area contributed by atoms with E-state index < -0.39 is 0 Å². The van der Waals surface area contributed by atoms with E-state index in [1.165, 1.54) is 5.56 Å². The normalized spacial score (nSPS) is 11.4. The summed E-state index contributed by atoms with van der Waals surface area (Å²) in [7, 11) is 1.94. The number of nitrogens with one attached hydrogen (secondary N) is 1. The first-order chi connectivity index (χ1) is 12.9. The lowest BCUT2D eigenvalue weighted by molar-refractivity contribution is 0.403. The Morgan fingerprint density at radius 2 is 1.70 bits per heavy atom. The summed E-state index contributed by atoms with van der Waals surface area (Å²) in [5, 5.41) is 4.95. The number of nitrogens with two attached hydrogens (primary N) is 1. The molecule has 0 aliphatic heterocycles. The van der Waals surface area contributed by atoms with E-state index in [9.17, 15) is 0 Å². The van der Waals surface area contributed by atoms with Gasteiger partial charge in [0.15, 0.2) is 0 Å². The maximum atomic E-state index is 6.14. The predicted molar refractivity (Wildman–Crippen MR) is 118 cm³/mol. The molecule has 0 amide bonds. The summed E-state index contributed by atoms with van der Waals surface area (Å²) in [6.45, 7) is 13.5. The van der Waals surface area contributed by atoms with Gasteiger partial charge in [0.05, 0.1) is 0 Å². The molecule has 27 heavy (non-hydrogen) atoms. The van der Waals surface area contributed by atoms with Crippen LogP contribution in [0.5, 0.6) is 0 Å². The first-order valence-electron chi connectivity index (χ1n) is 9.25. The van der Waals surface area contributed by atoms with Crippen LogP contribution in [0, 0.1) is 0 Å². The summed E-state index contributed by atoms with van der Waals surface area (Å²) in [5.74, 6) is 6.14. The molecule has 0 atom stereocenters. The highest BCUT2D eigenvalue weighted by Crippen LogP contribution is 2.35. The van der Waals surface area contributed by atoms with Crippen molar-refractivity contribution in [2.45, 2.75) is 25.7 Å². The Morgan fingerprint density at radius 3 is 2.37 bits per heavy atom. The number of benzene rings is 2. The van der Waals surface area contributed by atoms with Crippen molar-refractivity contribution in [3.8, 4) is 0 Å². The zero-order valence-electron chi connectivity index (χ0n) is 16.7. The Bertz CT molecular complexity index is 803. The van der Waals surface area contributed by atoms with E-state index in [1.54, 1.807) is 5.01 Å². The standard InChI is InChI=1S/C24H31N3/c1-19(21-11-7-6-8-12-21)15-17-27(25)18-16-20(2)24(3,4)22-13-9-10-14-23(22)26-5/h6-14,16,18,26H,1-2,15,17,25H2,3-5H3/b18-16+. The smallest absolute Gasteiger partial charge is 0.0379 e. The van der Waals surface area contributed by atoms with Crippen LogP contribution < -0.4 is 11.2 Å². The topological polar surface area (TPSA) is 41.3 Å². The number of hydrogen-bond acceptors (Lipinski definition) is 3. The number of hydrazine groups is 1. The van der Waals surface area contributed by atoms with Crippen LogP contribution in [0.2, 0.25) is 0 Å². The predicted octanol–water partition coefficient (Wildman–Crippen LogP) is 5.36. The molecule has 0 spiro atoms. The minimum Gasteiger partial charge on any atom is -0.388 e. The van der Waals surface area contributed by atoms with Crippen molar-refractivity contribution in [3.63, 3.8) is 0 Å². The molecule has 0 saturated carbocycles. The Kier molecular flexibility index (Phi) is 7.03. The van der Waals surface area contributed by atoms with Crippen LogP contribution in [0.15, 0.2) is 85.6 Å². The van der Waals surface area contributed by atoms with Crippen LogP contribution >= 0.6 is 0 Å². The molecule has 0 bridgehead atoms. The third kappa shape index (κ3) is 5.35. The lowest BCUT2D eigenvalue weighted by Crippen LogP contribution is -2.27. The molecule has 0 aliphatic rings. The fourth-order valence-corrected chi connectivity index (χ4v) is 2.97. The molecule has 142 valence electrons. The lowest BCUT2D eigenvalue weighted by Gasteiger charge is -2.29. The van der Waals surface area contributed by atoms with Crippen LogP contribution in [0.3, 0.4) is 0 Å². The third-order valence-electron chi connectivity index (χ3n) is 4.99. The van der Waals surface area contributed by atoms with Gasteiger partial charge in [0, 0.05) is 30.9 Å². The second-order valence-corrected chi connectivity index (χ2v) is 7.22. The van der Waals surface area contributed by atoms with Crippen LogP contribution in [-0.4, -0.2) is 18.6 Å². The SMILES string of the molecule is C=C(CCN(N)/C=C/C(=C)C(C)(C)c1ccccc1NC)c1ccccc1. The number of nitrogens with zero attached hydrogens (tertiary/aromatic N) is 1. The van der Waals surface area contributed by atoms with E-state index in [0.29, 0.717) is 6.54 Å². The number of anilines is 1. The van der Waals surface area contributed by atoms with Gasteiger partial charge in [-0.25, -0.2) is 5.84 Å². The monoisotopic (exact) mass is 361 g/mol. The molecule has 3 N–H and O–H groups in total. The van der Waals surface area contributed by atoms with Gasteiger partial charge >= 0.3 is 0 Å². The van der Waals surface area contributed by atoms with Gasteiger partial charge in [-0.15, -0.1) is 0 Å². The Labute approximate surface area is 163 Å². The lowest BCUT2D eigenvalue weighted by atomic mass is 9.77. The molecule has 3 nitrogen and oxygen atoms in total. The van der Waals surface area contributed by atoms with Gasteiger partial charge in [0.1, 0.15) is 0 Å². The highest BCUT2D eigenvalue weighted by atomic mass is 15.4. The molecule has 0 aliphatic carbocycles. The summed E-state index contributed by atoms with van der Waals surface area (Å²) in [5.41, 5.74) is 5.36. The van der Waals surface area contributed by atoms with E-state index in [-0.39, 0.29) is 5.41 Å². The molecular weight excluding hydrogens is 330 g/mol. The van der Waals surface area contributed by atoms with Gasteiger partial charge in [-0.2, -0.15) is 0 Å². The second kappa shape index (κ2) is 9.24. The van der Waals surface area contributed by atoms with Gasteiger partial charge in [0.2, 0.25) is 0 Å². The second-order valence-electron chi connectivity index (χ2n) is 7.22. The number of para-hydroxylation sites is 1. The minimum absolute atomic E-state index is 0.204. The van der Waals surface area contributed by atoms with E-state index in [2.05, 4.69) is 62.7 Å². The fourth-order valence-electron chi connectivity index (χ4n) is 2.97. The van der Waals surface area contributed by atoms with E-state index >= 15 is 0 Å². The van der Waals surface area contributed by atoms with E-state index in [0.717, 1.165) is 28.8 Å². The minimum atomic E-state index is -0.204. The van der Waals surface area contributed by atoms with Crippen molar-refractivity contribution in [1.82, 2.24) is 5.01 Å². The van der Waals surface area contributed by atoms with Crippen molar-refractivity contribution >= 4 is 11.3 Å². The zero-order chi connectivity index (χ0) is 19.9. The number of rotatable bonds is 9. The van der Waals surface area contributed by atoms with Gasteiger partial charge in [-0.05, 0) is 40.8 Å². The van der Waals surface area contributed by atoms with Gasteiger partial charge < -0.3 is 10.3 Å². The zero-order valence-corrected chi connectivity index (χ0v) is 16.7. The summed E-state index contributed by atoms with van der Waals surface area (Å²) in [6.07, 6.45) is 4.70. The van der Waals surface area contributed by atoms with Crippen molar-refractivity contribution in [3.05, 3.63) is 96.7 Å². The molecule has 2 rings (SSSR count). The van der Waals surface area contributed by atoms with Crippen LogP contribution in [0.1, 0.15) is 31.4 Å². The summed E-state index contributed by atoms with van der Waals surface area (Å²) in [6, 6.07) is 18.5. The van der Waals surface area contributed by atoms with E-state index in [4.69, 9.17) is 5.84 Å². The Morgan fingerprint density at radius 1 is 1.07 bits per heavy atom. The summed E-state index contributed by atoms with van der Waals surface area (Å²) < 4.78 is 0. The maximum absolute atomic E-state index is 6.14. The molecule has 2 aromatic carbocycles. The van der Waals surface area contributed by atoms with Crippen LogP contribution in [0.25, 0.3) is 5.57 Å². The number of allylic oxidation sites excluding steroid dienone is 2. The molecule has 0 aromatic heterocycles. The Balaban J connectivity index is 1.97. The molecule has 0 saturated heterocycles. The molecular formula is C24H31N3. The van der Waals surface area contributed by atoms with Crippen molar-refractivity contribution in [2.75, 3.05) is 18.9 Å². The van der Waals surface area contributed by atoms with Gasteiger partial charge in [-0.3, -0.25) is 0 Å². The van der Waals surface area contributed by atoms with Crippen molar-refractivity contribution in [1.29, 1.82) is 0 Å². The van der Waals surface area contributed by atoms with Gasteiger partial charge in [0.25, 0.3) is 0 Å². The number of hydrogen-bond donors (Lipinski definition) is 2. The highest BCUT2D eigenvalue weighted by molar-refractivity contribution is 5.63. The molecule has 3 heteroatoms. The van der Waals surface area contributed by atoms with Crippen LogP contribution in [0.4, 0.5) is 5.69 Å². The van der Waals surface area contributed by atoms with E-state index in [1.807, 2.05) is 43.6 Å². The first kappa shape index (κ1) is 20.5. The largest absolute Gasteiger partial charge is 0.388 e. The average molecular weight is 362 g/mol. The quantitative estimate of drug-likeness (QED) is 0.359. The van der Waals surface area contributed by atoms with Crippen molar-refractivity contribution < 1.29 is 0 Å².